The monoisotopic (exact) mass is 383 g/mol. The number of benzene rings is 1. The van der Waals surface area contributed by atoms with E-state index < -0.39 is 10.0 Å². The van der Waals surface area contributed by atoms with Gasteiger partial charge in [0.15, 0.2) is 0 Å². The minimum absolute atomic E-state index is 0.0525. The van der Waals surface area contributed by atoms with Gasteiger partial charge >= 0.3 is 0 Å². The van der Waals surface area contributed by atoms with E-state index in [0.29, 0.717) is 18.2 Å². The molecular weight excluding hydrogens is 362 g/mol. The smallest absolute Gasteiger partial charge is 0.214 e. The quantitative estimate of drug-likeness (QED) is 0.796. The summed E-state index contributed by atoms with van der Waals surface area (Å²) in [5.41, 5.74) is 1.91. The van der Waals surface area contributed by atoms with Gasteiger partial charge < -0.3 is 9.30 Å². The summed E-state index contributed by atoms with van der Waals surface area (Å²) < 4.78 is 33.4. The van der Waals surface area contributed by atoms with E-state index >= 15 is 0 Å². The summed E-state index contributed by atoms with van der Waals surface area (Å²) in [6.45, 7) is 2.84. The third-order valence-corrected chi connectivity index (χ3v) is 6.97. The Labute approximate surface area is 153 Å². The van der Waals surface area contributed by atoms with Gasteiger partial charge in [0.25, 0.3) is 0 Å². The summed E-state index contributed by atoms with van der Waals surface area (Å²) in [5.74, 6) is 0.697. The van der Waals surface area contributed by atoms with Crippen molar-refractivity contribution in [2.45, 2.75) is 13.0 Å². The van der Waals surface area contributed by atoms with Gasteiger partial charge in [-0.3, -0.25) is 0 Å². The van der Waals surface area contributed by atoms with Gasteiger partial charge in [0, 0.05) is 43.0 Å². The van der Waals surface area contributed by atoms with Crippen LogP contribution in [0.4, 0.5) is 0 Å². The zero-order valence-electron chi connectivity index (χ0n) is 14.5. The molecule has 2 heterocycles. The van der Waals surface area contributed by atoms with Crippen molar-refractivity contribution in [3.8, 4) is 11.4 Å². The number of sulfonamides is 1. The number of aryl methyl sites for hydroxylation is 1. The number of aromatic nitrogens is 2. The van der Waals surface area contributed by atoms with Gasteiger partial charge in [-0.15, -0.1) is 0 Å². The fraction of sp³-hybridized carbons (Fsp3) is 0.471. The van der Waals surface area contributed by atoms with Gasteiger partial charge in [-0.25, -0.2) is 17.7 Å². The first-order valence-electron chi connectivity index (χ1n) is 8.07. The highest BCUT2D eigenvalue weighted by Crippen LogP contribution is 2.32. The van der Waals surface area contributed by atoms with Gasteiger partial charge in [0.05, 0.1) is 25.0 Å². The topological polar surface area (TPSA) is 64.4 Å². The summed E-state index contributed by atoms with van der Waals surface area (Å²) in [6, 6.07) is 5.74. The fourth-order valence-electron chi connectivity index (χ4n) is 3.01. The summed E-state index contributed by atoms with van der Waals surface area (Å²) in [4.78, 5) is 4.46. The second kappa shape index (κ2) is 7.07. The molecule has 8 heteroatoms. The van der Waals surface area contributed by atoms with Crippen LogP contribution in [0.2, 0.25) is 5.02 Å². The molecule has 0 spiro atoms. The van der Waals surface area contributed by atoms with Crippen LogP contribution in [0.1, 0.15) is 11.6 Å². The number of halogens is 1. The standard InChI is InChI=1S/C17H22ClN3O3S/c1-12-4-5-13(8-15(12)18)17-19-6-7-21(17)16-10-24-9-14(16)11-25(22,23)20(2)3/h4-8,14,16H,9-11H2,1-3H3/t14-,16+/m0/s1. The maximum absolute atomic E-state index is 12.3. The maximum atomic E-state index is 12.3. The molecule has 1 saturated heterocycles. The first-order valence-corrected chi connectivity index (χ1v) is 10.1. The minimum atomic E-state index is -3.30. The third kappa shape index (κ3) is 3.74. The van der Waals surface area contributed by atoms with Crippen LogP contribution in [0.25, 0.3) is 11.4 Å². The number of ether oxygens (including phenoxy) is 1. The van der Waals surface area contributed by atoms with Crippen LogP contribution in [-0.2, 0) is 14.8 Å². The molecule has 0 aliphatic carbocycles. The van der Waals surface area contributed by atoms with Crippen LogP contribution in [0, 0.1) is 12.8 Å². The van der Waals surface area contributed by atoms with Crippen LogP contribution in [0.5, 0.6) is 0 Å². The van der Waals surface area contributed by atoms with E-state index in [0.717, 1.165) is 17.0 Å². The largest absolute Gasteiger partial charge is 0.379 e. The molecule has 2 atom stereocenters. The molecule has 3 rings (SSSR count). The lowest BCUT2D eigenvalue weighted by atomic mass is 10.1. The summed E-state index contributed by atoms with van der Waals surface area (Å²) in [5, 5.41) is 0.682. The zero-order valence-corrected chi connectivity index (χ0v) is 16.1. The Morgan fingerprint density at radius 3 is 2.80 bits per heavy atom. The SMILES string of the molecule is Cc1ccc(-c2nccn2[C@@H]2COC[C@H]2CS(=O)(=O)N(C)C)cc1Cl. The van der Waals surface area contributed by atoms with Crippen LogP contribution in [0.3, 0.4) is 0 Å². The molecule has 136 valence electrons. The molecule has 1 aromatic heterocycles. The van der Waals surface area contributed by atoms with Crippen molar-refractivity contribution in [3.63, 3.8) is 0 Å². The van der Waals surface area contributed by atoms with Gasteiger partial charge in [-0.1, -0.05) is 23.7 Å². The third-order valence-electron chi connectivity index (χ3n) is 4.60. The molecule has 1 aromatic carbocycles. The lowest BCUT2D eigenvalue weighted by Gasteiger charge is -2.22. The average Bonchev–Trinajstić information content (AvgIpc) is 3.18. The second-order valence-corrected chi connectivity index (χ2v) is 9.18. The molecule has 6 nitrogen and oxygen atoms in total. The molecule has 25 heavy (non-hydrogen) atoms. The highest BCUT2D eigenvalue weighted by Gasteiger charge is 2.35. The van der Waals surface area contributed by atoms with Crippen molar-refractivity contribution in [2.75, 3.05) is 33.1 Å². The molecule has 0 amide bonds. The molecule has 1 aliphatic heterocycles. The summed E-state index contributed by atoms with van der Waals surface area (Å²) in [6.07, 6.45) is 3.59. The lowest BCUT2D eigenvalue weighted by molar-refractivity contribution is 0.182. The van der Waals surface area contributed by atoms with E-state index in [1.54, 1.807) is 20.3 Å². The Balaban J connectivity index is 1.92. The number of rotatable bonds is 5. The Kier molecular flexibility index (Phi) is 5.20. The number of hydrogen-bond acceptors (Lipinski definition) is 4. The van der Waals surface area contributed by atoms with E-state index in [1.807, 2.05) is 35.9 Å². The number of imidazole rings is 1. The molecule has 2 aromatic rings. The highest BCUT2D eigenvalue weighted by molar-refractivity contribution is 7.89. The van der Waals surface area contributed by atoms with Crippen molar-refractivity contribution < 1.29 is 13.2 Å². The van der Waals surface area contributed by atoms with Gasteiger partial charge in [0.1, 0.15) is 5.82 Å². The van der Waals surface area contributed by atoms with Gasteiger partial charge in [-0.2, -0.15) is 0 Å². The van der Waals surface area contributed by atoms with Crippen LogP contribution >= 0.6 is 11.6 Å². The number of hydrogen-bond donors (Lipinski definition) is 0. The van der Waals surface area contributed by atoms with Crippen molar-refractivity contribution >= 4 is 21.6 Å². The highest BCUT2D eigenvalue weighted by atomic mass is 35.5. The Bertz CT molecular complexity index is 864. The van der Waals surface area contributed by atoms with Gasteiger partial charge in [-0.05, 0) is 18.6 Å². The summed E-state index contributed by atoms with van der Waals surface area (Å²) in [7, 11) is -0.192. The molecule has 0 bridgehead atoms. The van der Waals surface area contributed by atoms with Crippen molar-refractivity contribution in [3.05, 3.63) is 41.2 Å². The van der Waals surface area contributed by atoms with Crippen molar-refractivity contribution in [2.24, 2.45) is 5.92 Å². The number of nitrogens with zero attached hydrogens (tertiary/aromatic N) is 3. The molecule has 0 radical (unpaired) electrons. The van der Waals surface area contributed by atoms with E-state index in [1.165, 1.54) is 4.31 Å². The lowest BCUT2D eigenvalue weighted by Crippen LogP contribution is -2.32. The van der Waals surface area contributed by atoms with E-state index in [-0.39, 0.29) is 17.7 Å². The van der Waals surface area contributed by atoms with Crippen LogP contribution in [0.15, 0.2) is 30.6 Å². The minimum Gasteiger partial charge on any atom is -0.379 e. The van der Waals surface area contributed by atoms with E-state index in [2.05, 4.69) is 4.98 Å². The van der Waals surface area contributed by atoms with Crippen molar-refractivity contribution in [1.29, 1.82) is 0 Å². The maximum Gasteiger partial charge on any atom is 0.214 e. The zero-order chi connectivity index (χ0) is 18.2. The van der Waals surface area contributed by atoms with Crippen LogP contribution < -0.4 is 0 Å². The fourth-order valence-corrected chi connectivity index (χ4v) is 4.35. The second-order valence-electron chi connectivity index (χ2n) is 6.55. The van der Waals surface area contributed by atoms with Crippen molar-refractivity contribution in [1.82, 2.24) is 13.9 Å². The van der Waals surface area contributed by atoms with Crippen LogP contribution in [-0.4, -0.2) is 55.3 Å². The summed E-state index contributed by atoms with van der Waals surface area (Å²) >= 11 is 6.25. The molecule has 0 unspecified atom stereocenters. The molecule has 0 saturated carbocycles. The Morgan fingerprint density at radius 1 is 1.36 bits per heavy atom. The van der Waals surface area contributed by atoms with Gasteiger partial charge in [0.2, 0.25) is 10.0 Å². The molecule has 1 fully saturated rings. The van der Waals surface area contributed by atoms with E-state index in [9.17, 15) is 8.42 Å². The normalized spacial score (nSPS) is 21.2. The molecular formula is C17H22ClN3O3S. The Hall–Kier alpha value is -1.41. The molecule has 0 N–H and O–H groups in total. The molecule has 1 aliphatic rings. The average molecular weight is 384 g/mol. The Morgan fingerprint density at radius 2 is 2.12 bits per heavy atom. The first-order chi connectivity index (χ1) is 11.8. The first kappa shape index (κ1) is 18.4. The van der Waals surface area contributed by atoms with E-state index in [4.69, 9.17) is 16.3 Å². The predicted octanol–water partition coefficient (Wildman–Crippen LogP) is 2.59. The predicted molar refractivity (Wildman–Crippen MR) is 98.2 cm³/mol.